The molecule has 1 nitrogen and oxygen atoms in total. The number of rotatable bonds is 3. The van der Waals surface area contributed by atoms with Gasteiger partial charge < -0.3 is 0 Å². The van der Waals surface area contributed by atoms with E-state index in [2.05, 4.69) is 48.3 Å². The van der Waals surface area contributed by atoms with Crippen LogP contribution >= 0.6 is 11.9 Å². The van der Waals surface area contributed by atoms with Crippen molar-refractivity contribution in [1.82, 2.24) is 4.31 Å². The molecular formula is C14H19NS. The quantitative estimate of drug-likeness (QED) is 0.722. The summed E-state index contributed by atoms with van der Waals surface area (Å²) < 4.78 is 2.49. The summed E-state index contributed by atoms with van der Waals surface area (Å²) in [6.07, 6.45) is 4.74. The molecule has 0 aromatic heterocycles. The van der Waals surface area contributed by atoms with Crippen molar-refractivity contribution in [2.24, 2.45) is 0 Å². The zero-order chi connectivity index (χ0) is 11.5. The molecule has 1 heterocycles. The number of benzene rings is 1. The Morgan fingerprint density at radius 3 is 2.88 bits per heavy atom. The number of nitrogens with zero attached hydrogens (tertiary/aromatic N) is 1. The molecule has 0 N–H and O–H groups in total. The molecule has 2 heteroatoms. The van der Waals surface area contributed by atoms with Crippen LogP contribution in [0.3, 0.4) is 0 Å². The molecule has 0 spiro atoms. The number of allylic oxidation sites excluding steroid dienone is 1. The predicted molar refractivity (Wildman–Crippen MR) is 73.3 cm³/mol. The van der Waals surface area contributed by atoms with Crippen LogP contribution < -0.4 is 0 Å². The Hall–Kier alpha value is -0.730. The van der Waals surface area contributed by atoms with Gasteiger partial charge in [0.15, 0.2) is 0 Å². The van der Waals surface area contributed by atoms with Crippen molar-refractivity contribution in [3.05, 3.63) is 42.0 Å². The first-order valence-corrected chi connectivity index (χ1v) is 6.97. The third kappa shape index (κ3) is 2.18. The van der Waals surface area contributed by atoms with Crippen LogP contribution in [-0.4, -0.2) is 17.1 Å². The van der Waals surface area contributed by atoms with Gasteiger partial charge in [-0.25, -0.2) is 4.31 Å². The van der Waals surface area contributed by atoms with Crippen LogP contribution in [0.25, 0.3) is 5.57 Å². The molecule has 16 heavy (non-hydrogen) atoms. The van der Waals surface area contributed by atoms with E-state index in [9.17, 15) is 0 Å². The van der Waals surface area contributed by atoms with Crippen molar-refractivity contribution in [1.29, 1.82) is 0 Å². The van der Waals surface area contributed by atoms with E-state index in [0.29, 0.717) is 6.04 Å². The minimum Gasteiger partial charge on any atom is -0.243 e. The average molecular weight is 233 g/mol. The highest BCUT2D eigenvalue weighted by molar-refractivity contribution is 7.96. The zero-order valence-corrected chi connectivity index (χ0v) is 10.9. The van der Waals surface area contributed by atoms with Gasteiger partial charge in [-0.05, 0) is 37.1 Å². The predicted octanol–water partition coefficient (Wildman–Crippen LogP) is 4.13. The molecule has 1 fully saturated rings. The molecule has 1 aliphatic heterocycles. The lowest BCUT2D eigenvalue weighted by Crippen LogP contribution is -2.15. The summed E-state index contributed by atoms with van der Waals surface area (Å²) in [7, 11) is 0. The standard InChI is InChI=1S/C14H19NS/c1-11(2)12-7-4-5-8-13(12)14-9-6-10-15(14)16-3/h4-5,7-8,14H,1,6,9-10H2,2-3H3. The summed E-state index contributed by atoms with van der Waals surface area (Å²) in [4.78, 5) is 0. The Morgan fingerprint density at radius 2 is 2.19 bits per heavy atom. The van der Waals surface area contributed by atoms with Crippen molar-refractivity contribution in [2.45, 2.75) is 25.8 Å². The van der Waals surface area contributed by atoms with Crippen molar-refractivity contribution >= 4 is 17.5 Å². The highest BCUT2D eigenvalue weighted by Crippen LogP contribution is 2.38. The molecule has 1 aromatic rings. The molecule has 1 unspecified atom stereocenters. The van der Waals surface area contributed by atoms with E-state index < -0.39 is 0 Å². The van der Waals surface area contributed by atoms with Crippen molar-refractivity contribution in [2.75, 3.05) is 12.8 Å². The van der Waals surface area contributed by atoms with Gasteiger partial charge in [0.25, 0.3) is 0 Å². The SMILES string of the molecule is C=C(C)c1ccccc1C1CCCN1SC. The van der Waals surface area contributed by atoms with Crippen molar-refractivity contribution in [3.63, 3.8) is 0 Å². The van der Waals surface area contributed by atoms with Gasteiger partial charge in [0.2, 0.25) is 0 Å². The second kappa shape index (κ2) is 5.07. The average Bonchev–Trinajstić information content (AvgIpc) is 2.76. The van der Waals surface area contributed by atoms with Crippen LogP contribution in [0.2, 0.25) is 0 Å². The largest absolute Gasteiger partial charge is 0.243 e. The van der Waals surface area contributed by atoms with Crippen molar-refractivity contribution < 1.29 is 0 Å². The molecule has 1 atom stereocenters. The van der Waals surface area contributed by atoms with Crippen LogP contribution in [0.1, 0.15) is 36.9 Å². The molecule has 0 radical (unpaired) electrons. The lowest BCUT2D eigenvalue weighted by Gasteiger charge is -2.24. The molecule has 0 amide bonds. The fourth-order valence-corrected chi connectivity index (χ4v) is 3.23. The molecule has 0 aliphatic carbocycles. The van der Waals surface area contributed by atoms with Crippen LogP contribution in [-0.2, 0) is 0 Å². The normalized spacial score (nSPS) is 21.2. The minimum absolute atomic E-state index is 0.572. The highest BCUT2D eigenvalue weighted by atomic mass is 32.2. The molecule has 1 saturated heterocycles. The lowest BCUT2D eigenvalue weighted by atomic mass is 9.95. The smallest absolute Gasteiger partial charge is 0.0458 e. The fraction of sp³-hybridized carbons (Fsp3) is 0.429. The summed E-state index contributed by atoms with van der Waals surface area (Å²) >= 11 is 1.86. The van der Waals surface area contributed by atoms with Crippen molar-refractivity contribution in [3.8, 4) is 0 Å². The van der Waals surface area contributed by atoms with Gasteiger partial charge in [-0.2, -0.15) is 0 Å². The Bertz CT molecular complexity index is 386. The maximum absolute atomic E-state index is 4.08. The first-order valence-electron chi connectivity index (χ1n) is 5.79. The van der Waals surface area contributed by atoms with E-state index in [-0.39, 0.29) is 0 Å². The summed E-state index contributed by atoms with van der Waals surface area (Å²) in [6.45, 7) is 7.38. The second-order valence-electron chi connectivity index (χ2n) is 4.35. The van der Waals surface area contributed by atoms with Gasteiger partial charge in [-0.15, -0.1) is 0 Å². The Kier molecular flexibility index (Phi) is 3.72. The van der Waals surface area contributed by atoms with E-state index in [1.807, 2.05) is 11.9 Å². The van der Waals surface area contributed by atoms with Gasteiger partial charge in [-0.3, -0.25) is 0 Å². The first kappa shape index (κ1) is 11.7. The number of hydrogen-bond acceptors (Lipinski definition) is 2. The lowest BCUT2D eigenvalue weighted by molar-refractivity contribution is 0.453. The zero-order valence-electron chi connectivity index (χ0n) is 10.1. The summed E-state index contributed by atoms with van der Waals surface area (Å²) in [5.41, 5.74) is 3.94. The molecule has 2 rings (SSSR count). The van der Waals surface area contributed by atoms with E-state index in [1.54, 1.807) is 0 Å². The minimum atomic E-state index is 0.572. The molecule has 1 aliphatic rings. The first-order chi connectivity index (χ1) is 7.74. The third-order valence-corrected chi connectivity index (χ3v) is 4.12. The summed E-state index contributed by atoms with van der Waals surface area (Å²) in [6, 6.07) is 9.25. The molecule has 1 aromatic carbocycles. The Morgan fingerprint density at radius 1 is 1.44 bits per heavy atom. The van der Waals surface area contributed by atoms with Gasteiger partial charge in [0, 0.05) is 12.6 Å². The van der Waals surface area contributed by atoms with Gasteiger partial charge in [-0.1, -0.05) is 48.4 Å². The summed E-state index contributed by atoms with van der Waals surface area (Å²) in [5.74, 6) is 0. The highest BCUT2D eigenvalue weighted by Gasteiger charge is 2.26. The molecule has 0 bridgehead atoms. The molecule has 86 valence electrons. The third-order valence-electron chi connectivity index (χ3n) is 3.22. The van der Waals surface area contributed by atoms with Crippen LogP contribution in [0.4, 0.5) is 0 Å². The van der Waals surface area contributed by atoms with Gasteiger partial charge >= 0.3 is 0 Å². The Balaban J connectivity index is 2.35. The van der Waals surface area contributed by atoms with Gasteiger partial charge in [0.05, 0.1) is 0 Å². The maximum atomic E-state index is 4.08. The van der Waals surface area contributed by atoms with Crippen LogP contribution in [0, 0.1) is 0 Å². The second-order valence-corrected chi connectivity index (χ2v) is 5.18. The summed E-state index contributed by atoms with van der Waals surface area (Å²) in [5, 5.41) is 0. The van der Waals surface area contributed by atoms with E-state index in [1.165, 1.54) is 36.1 Å². The van der Waals surface area contributed by atoms with Crippen LogP contribution in [0.15, 0.2) is 30.8 Å². The molecule has 0 saturated carbocycles. The van der Waals surface area contributed by atoms with Gasteiger partial charge in [0.1, 0.15) is 0 Å². The van der Waals surface area contributed by atoms with E-state index >= 15 is 0 Å². The number of hydrogen-bond donors (Lipinski definition) is 0. The van der Waals surface area contributed by atoms with E-state index in [0.717, 1.165) is 0 Å². The van der Waals surface area contributed by atoms with E-state index in [4.69, 9.17) is 0 Å². The maximum Gasteiger partial charge on any atom is 0.0458 e. The fourth-order valence-electron chi connectivity index (χ4n) is 2.45. The topological polar surface area (TPSA) is 3.24 Å². The monoisotopic (exact) mass is 233 g/mol. The molecular weight excluding hydrogens is 214 g/mol. The Labute approximate surface area is 103 Å². The van der Waals surface area contributed by atoms with Crippen LogP contribution in [0.5, 0.6) is 0 Å².